The van der Waals surface area contributed by atoms with Gasteiger partial charge in [-0.05, 0) is 75.6 Å². The standard InChI is InChI=1S/C36H44N3O4.C22H17N3O/c1-7-9-10-27(8-2)20-42-21-28(40)22-43-29-13-16-32(33(41)19-29)36-38-34(30-14-11-23(3)17-25(30)5)37-35(39-36)31-15-12-24(4)18-26(31)6;1-15-12-13-18(19(26)14-15)22-24-20(16-8-4-2-5-9-16)23-21(25-22)17-10-6-3-7-11-17/h11-19,28,40-41H,7-10,20-22H2,1-6H3;2-14,26H,1H3/q-1;. The molecule has 2 heterocycles. The van der Waals surface area contributed by atoms with Crippen molar-refractivity contribution < 1.29 is 24.8 Å². The first kappa shape index (κ1) is 49.6. The molecular formula is C58H61N6O5-. The average Bonchev–Trinajstić information content (AvgIpc) is 3.35. The molecule has 0 aliphatic rings. The number of ether oxygens (including phenoxy) is 2. The van der Waals surface area contributed by atoms with E-state index in [2.05, 4.69) is 54.8 Å². The molecule has 0 fully saturated rings. The molecular weight excluding hydrogens is 861 g/mol. The van der Waals surface area contributed by atoms with Gasteiger partial charge in [-0.3, -0.25) is 5.92 Å². The topological polar surface area (TPSA) is 156 Å². The molecule has 0 amide bonds. The van der Waals surface area contributed by atoms with Gasteiger partial charge in [0.05, 0.1) is 17.7 Å². The minimum Gasteiger partial charge on any atom is -0.507 e. The summed E-state index contributed by atoms with van der Waals surface area (Å²) in [6.07, 6.45) is 3.57. The fourth-order valence-electron chi connectivity index (χ4n) is 7.77. The summed E-state index contributed by atoms with van der Waals surface area (Å²) in [7, 11) is 0. The molecule has 354 valence electrons. The lowest BCUT2D eigenvalue weighted by Gasteiger charge is -2.28. The van der Waals surface area contributed by atoms with Crippen LogP contribution >= 0.6 is 0 Å². The first-order chi connectivity index (χ1) is 33.4. The summed E-state index contributed by atoms with van der Waals surface area (Å²) < 4.78 is 11.5. The van der Waals surface area contributed by atoms with Crippen molar-refractivity contribution in [1.29, 1.82) is 0 Å². The van der Waals surface area contributed by atoms with Crippen LogP contribution in [0.15, 0.2) is 133 Å². The van der Waals surface area contributed by atoms with E-state index in [0.717, 1.165) is 75.8 Å². The van der Waals surface area contributed by atoms with Crippen molar-refractivity contribution in [2.24, 2.45) is 0 Å². The van der Waals surface area contributed by atoms with Crippen LogP contribution in [0.4, 0.5) is 0 Å². The smallest absolute Gasteiger partial charge is 0.167 e. The third-order valence-corrected chi connectivity index (χ3v) is 11.6. The first-order valence-corrected chi connectivity index (χ1v) is 23.5. The lowest BCUT2D eigenvalue weighted by Crippen LogP contribution is -2.24. The van der Waals surface area contributed by atoms with Crippen molar-refractivity contribution in [3.63, 3.8) is 0 Å². The number of hydrogen-bond donors (Lipinski definition) is 3. The molecule has 6 aromatic carbocycles. The summed E-state index contributed by atoms with van der Waals surface area (Å²) in [6.45, 7) is 15.2. The van der Waals surface area contributed by atoms with Gasteiger partial charge in [0.1, 0.15) is 30.0 Å². The Hall–Kier alpha value is -7.34. The molecule has 0 radical (unpaired) electrons. The second-order valence-corrected chi connectivity index (χ2v) is 17.4. The molecule has 11 nitrogen and oxygen atoms in total. The molecule has 11 heteroatoms. The van der Waals surface area contributed by atoms with E-state index in [1.165, 1.54) is 12.0 Å². The van der Waals surface area contributed by atoms with Gasteiger partial charge in [-0.2, -0.15) is 12.8 Å². The lowest BCUT2D eigenvalue weighted by molar-refractivity contribution is 0.0142. The zero-order valence-electron chi connectivity index (χ0n) is 40.6. The van der Waals surface area contributed by atoms with E-state index in [0.29, 0.717) is 58.4 Å². The zero-order valence-corrected chi connectivity index (χ0v) is 40.6. The molecule has 0 aliphatic carbocycles. The highest BCUT2D eigenvalue weighted by Gasteiger charge is 2.19. The van der Waals surface area contributed by atoms with Gasteiger partial charge in [0.2, 0.25) is 0 Å². The number of phenolic OH excluding ortho intramolecular Hbond substituents is 2. The summed E-state index contributed by atoms with van der Waals surface area (Å²) in [4.78, 5) is 28.3. The Labute approximate surface area is 406 Å². The Kier molecular flexibility index (Phi) is 16.9. The molecule has 0 saturated carbocycles. The van der Waals surface area contributed by atoms with Gasteiger partial charge in [-0.25, -0.2) is 29.9 Å². The van der Waals surface area contributed by atoms with Gasteiger partial charge < -0.3 is 24.8 Å². The van der Waals surface area contributed by atoms with E-state index in [-0.39, 0.29) is 24.7 Å². The maximum atomic E-state index is 11.0. The fraction of sp³-hybridized carbons (Fsp3) is 0.259. The van der Waals surface area contributed by atoms with Crippen LogP contribution in [0.2, 0.25) is 0 Å². The number of unbranched alkanes of at least 4 members (excludes halogenated alkanes) is 1. The first-order valence-electron chi connectivity index (χ1n) is 23.5. The van der Waals surface area contributed by atoms with Crippen molar-refractivity contribution in [3.05, 3.63) is 167 Å². The predicted molar refractivity (Wildman–Crippen MR) is 275 cm³/mol. The number of benzene rings is 6. The van der Waals surface area contributed by atoms with Gasteiger partial charge in [-0.15, -0.1) is 0 Å². The van der Waals surface area contributed by atoms with Gasteiger partial charge in [-0.1, -0.05) is 148 Å². The van der Waals surface area contributed by atoms with Crippen molar-refractivity contribution in [2.45, 2.75) is 80.3 Å². The molecule has 0 saturated heterocycles. The summed E-state index contributed by atoms with van der Waals surface area (Å²) in [6, 6.07) is 42.4. The zero-order chi connectivity index (χ0) is 48.9. The van der Waals surface area contributed by atoms with E-state index in [9.17, 15) is 15.3 Å². The third kappa shape index (κ3) is 13.2. The van der Waals surface area contributed by atoms with Crippen LogP contribution in [-0.2, 0) is 4.74 Å². The summed E-state index contributed by atoms with van der Waals surface area (Å²) in [5.41, 5.74) is 10.1. The summed E-state index contributed by atoms with van der Waals surface area (Å²) in [5, 5.41) is 31.8. The minimum atomic E-state index is -0.782. The highest BCUT2D eigenvalue weighted by atomic mass is 16.5. The van der Waals surface area contributed by atoms with Crippen LogP contribution in [0.25, 0.3) is 68.3 Å². The van der Waals surface area contributed by atoms with E-state index >= 15 is 0 Å². The molecule has 8 aromatic rings. The van der Waals surface area contributed by atoms with E-state index in [4.69, 9.17) is 24.4 Å². The SMILES string of the molecule is CCCC[C-](CC)COCC(O)COc1ccc(-c2nc(-c3ccc(C)cc3C)nc(-c3ccc(C)cc3C)n2)c(O)c1.Cc1ccc(-c2nc(-c3ccccc3)nc(-c3ccccc3)n2)c(O)c1. The molecule has 8 rings (SSSR count). The molecule has 69 heavy (non-hydrogen) atoms. The molecule has 3 N–H and O–H groups in total. The van der Waals surface area contributed by atoms with Crippen molar-refractivity contribution in [2.75, 3.05) is 19.8 Å². The number of aryl methyl sites for hydroxylation is 5. The monoisotopic (exact) mass is 921 g/mol. The van der Waals surface area contributed by atoms with Crippen LogP contribution in [-0.4, -0.2) is 71.1 Å². The molecule has 2 aromatic heterocycles. The quantitative estimate of drug-likeness (QED) is 0.0747. The lowest BCUT2D eigenvalue weighted by atomic mass is 10.0. The fourth-order valence-corrected chi connectivity index (χ4v) is 7.77. The Morgan fingerprint density at radius 2 is 0.928 bits per heavy atom. The van der Waals surface area contributed by atoms with Crippen molar-refractivity contribution in [3.8, 4) is 85.6 Å². The van der Waals surface area contributed by atoms with E-state index in [1.807, 2.05) is 118 Å². The summed E-state index contributed by atoms with van der Waals surface area (Å²) >= 11 is 0. The molecule has 0 aliphatic heterocycles. The Balaban J connectivity index is 0.000000229. The van der Waals surface area contributed by atoms with Gasteiger partial charge in [0, 0.05) is 28.3 Å². The molecule has 1 atom stereocenters. The number of aromatic hydroxyl groups is 2. The average molecular weight is 922 g/mol. The van der Waals surface area contributed by atoms with Crippen molar-refractivity contribution in [1.82, 2.24) is 29.9 Å². The minimum absolute atomic E-state index is 0.0225. The third-order valence-electron chi connectivity index (χ3n) is 11.6. The predicted octanol–water partition coefficient (Wildman–Crippen LogP) is 12.6. The highest BCUT2D eigenvalue weighted by Crippen LogP contribution is 2.35. The van der Waals surface area contributed by atoms with Gasteiger partial charge >= 0.3 is 0 Å². The van der Waals surface area contributed by atoms with Crippen molar-refractivity contribution >= 4 is 0 Å². The van der Waals surface area contributed by atoms with Gasteiger partial charge in [0.15, 0.2) is 34.9 Å². The van der Waals surface area contributed by atoms with Crippen LogP contribution in [0.5, 0.6) is 17.2 Å². The normalized spacial score (nSPS) is 11.6. The maximum Gasteiger partial charge on any atom is 0.167 e. The Morgan fingerprint density at radius 3 is 1.39 bits per heavy atom. The van der Waals surface area contributed by atoms with Crippen LogP contribution in [0.3, 0.4) is 0 Å². The Morgan fingerprint density at radius 1 is 0.493 bits per heavy atom. The van der Waals surface area contributed by atoms with Crippen LogP contribution in [0.1, 0.15) is 67.3 Å². The number of aliphatic hydroxyl groups excluding tert-OH is 1. The summed E-state index contributed by atoms with van der Waals surface area (Å²) in [5.74, 6) is 4.98. The number of rotatable bonds is 17. The number of nitrogens with zero attached hydrogens (tertiary/aromatic N) is 6. The second-order valence-electron chi connectivity index (χ2n) is 17.4. The molecule has 1 unspecified atom stereocenters. The molecule has 0 bridgehead atoms. The van der Waals surface area contributed by atoms with E-state index < -0.39 is 6.10 Å². The molecule has 0 spiro atoms. The van der Waals surface area contributed by atoms with Crippen LogP contribution < -0.4 is 4.74 Å². The van der Waals surface area contributed by atoms with E-state index in [1.54, 1.807) is 18.2 Å². The highest BCUT2D eigenvalue weighted by molar-refractivity contribution is 5.73. The second kappa shape index (κ2) is 23.6. The number of aliphatic hydroxyl groups is 1. The number of hydrogen-bond acceptors (Lipinski definition) is 11. The van der Waals surface area contributed by atoms with Crippen LogP contribution in [0, 0.1) is 40.5 Å². The number of aromatic nitrogens is 6. The number of phenols is 2. The largest absolute Gasteiger partial charge is 0.507 e. The Bertz CT molecular complexity index is 2840. The van der Waals surface area contributed by atoms with Gasteiger partial charge in [0.25, 0.3) is 0 Å². The maximum absolute atomic E-state index is 11.0.